The number of nitrogens with two attached hydrogens (primary N) is 1. The smallest absolute Gasteiger partial charge is 0.254 e. The molecule has 0 fully saturated rings. The number of nitrogens with one attached hydrogen (secondary N) is 2. The van der Waals surface area contributed by atoms with Crippen molar-refractivity contribution in [3.8, 4) is 12.3 Å². The Balaban J connectivity index is 2.11. The van der Waals surface area contributed by atoms with Crippen LogP contribution in [-0.2, 0) is 6.42 Å². The molecule has 0 aliphatic carbocycles. The zero-order valence-corrected chi connectivity index (χ0v) is 17.2. The molecular formula is C24H18F4N4O. The number of anilines is 3. The molecule has 0 radical (unpaired) electrons. The Morgan fingerprint density at radius 2 is 1.88 bits per heavy atom. The molecule has 0 aliphatic rings. The molecule has 1 aromatic heterocycles. The van der Waals surface area contributed by atoms with E-state index in [1.807, 2.05) is 0 Å². The molecule has 1 amide bonds. The molecule has 0 aliphatic heterocycles. The van der Waals surface area contributed by atoms with E-state index < -0.39 is 47.1 Å². The molecule has 1 heterocycles. The van der Waals surface area contributed by atoms with Crippen LogP contribution in [0.3, 0.4) is 0 Å². The second-order valence-electron chi connectivity index (χ2n) is 6.89. The normalized spacial score (nSPS) is 10.4. The van der Waals surface area contributed by atoms with Gasteiger partial charge in [0.2, 0.25) is 0 Å². The third-order valence-electron chi connectivity index (χ3n) is 4.74. The molecule has 3 rings (SSSR count). The van der Waals surface area contributed by atoms with Gasteiger partial charge in [0.25, 0.3) is 5.91 Å². The molecule has 3 aromatic rings. The van der Waals surface area contributed by atoms with Crippen molar-refractivity contribution < 1.29 is 22.4 Å². The number of aromatic nitrogens is 1. The van der Waals surface area contributed by atoms with Crippen LogP contribution in [0.4, 0.5) is 34.8 Å². The lowest BCUT2D eigenvalue weighted by Crippen LogP contribution is -2.25. The van der Waals surface area contributed by atoms with E-state index in [1.165, 1.54) is 30.5 Å². The topological polar surface area (TPSA) is 80.0 Å². The summed E-state index contributed by atoms with van der Waals surface area (Å²) in [7, 11) is 0. The lowest BCUT2D eigenvalue weighted by Gasteiger charge is -2.17. The summed E-state index contributed by atoms with van der Waals surface area (Å²) in [5.74, 6) is -3.51. The Morgan fingerprint density at radius 1 is 1.12 bits per heavy atom. The van der Waals surface area contributed by atoms with Crippen molar-refractivity contribution in [2.24, 2.45) is 0 Å². The van der Waals surface area contributed by atoms with Crippen molar-refractivity contribution in [1.29, 1.82) is 0 Å². The summed E-state index contributed by atoms with van der Waals surface area (Å²) in [6, 6.07) is 6.21. The highest BCUT2D eigenvalue weighted by Gasteiger charge is 2.24. The van der Waals surface area contributed by atoms with E-state index in [2.05, 4.69) is 28.1 Å². The van der Waals surface area contributed by atoms with Gasteiger partial charge in [-0.05, 0) is 41.0 Å². The lowest BCUT2D eigenvalue weighted by molar-refractivity contribution is 0.0959. The summed E-state index contributed by atoms with van der Waals surface area (Å²) >= 11 is 0. The van der Waals surface area contributed by atoms with Gasteiger partial charge in [-0.25, -0.2) is 22.5 Å². The number of nitrogen functional groups attached to an aromatic ring is 1. The minimum atomic E-state index is -1.45. The van der Waals surface area contributed by atoms with Crippen LogP contribution >= 0.6 is 0 Å². The first-order chi connectivity index (χ1) is 15.8. The Kier molecular flexibility index (Phi) is 6.98. The maximum atomic E-state index is 15.1. The number of hydrogen-bond donors (Lipinski definition) is 3. The van der Waals surface area contributed by atoms with Crippen molar-refractivity contribution in [2.45, 2.75) is 6.42 Å². The molecule has 5 nitrogen and oxygen atoms in total. The second-order valence-corrected chi connectivity index (χ2v) is 6.89. The van der Waals surface area contributed by atoms with Crippen LogP contribution in [0.5, 0.6) is 0 Å². The fraction of sp³-hybridized carbons (Fsp3) is 0.0833. The van der Waals surface area contributed by atoms with Crippen molar-refractivity contribution in [2.75, 3.05) is 17.6 Å². The number of amides is 1. The zero-order valence-electron chi connectivity index (χ0n) is 17.2. The number of pyridine rings is 1. The average molecular weight is 454 g/mol. The largest absolute Gasteiger partial charge is 0.381 e. The quantitative estimate of drug-likeness (QED) is 0.361. The number of rotatable bonds is 7. The van der Waals surface area contributed by atoms with Crippen LogP contribution in [0.15, 0.2) is 43.1 Å². The highest BCUT2D eigenvalue weighted by molar-refractivity contribution is 6.01. The zero-order chi connectivity index (χ0) is 24.1. The molecule has 0 spiro atoms. The van der Waals surface area contributed by atoms with E-state index in [-0.39, 0.29) is 28.9 Å². The maximum absolute atomic E-state index is 15.1. The Hall–Kier alpha value is -4.32. The first-order valence-corrected chi connectivity index (χ1v) is 9.57. The van der Waals surface area contributed by atoms with E-state index in [9.17, 15) is 18.0 Å². The number of halogens is 4. The van der Waals surface area contributed by atoms with Gasteiger partial charge < -0.3 is 16.4 Å². The van der Waals surface area contributed by atoms with E-state index in [0.717, 1.165) is 12.1 Å². The predicted octanol–water partition coefficient (Wildman–Crippen LogP) is 4.56. The summed E-state index contributed by atoms with van der Waals surface area (Å²) in [6.45, 7) is 3.34. The number of terminal acetylenes is 1. The number of benzene rings is 2. The third kappa shape index (κ3) is 4.96. The number of hydrogen-bond acceptors (Lipinski definition) is 4. The molecule has 0 unspecified atom stereocenters. The van der Waals surface area contributed by atoms with E-state index >= 15 is 4.39 Å². The van der Waals surface area contributed by atoms with Crippen LogP contribution in [0.25, 0.3) is 6.08 Å². The molecule has 0 atom stereocenters. The molecular weight excluding hydrogens is 436 g/mol. The maximum Gasteiger partial charge on any atom is 0.254 e. The summed E-state index contributed by atoms with van der Waals surface area (Å²) in [5.41, 5.74) is 4.36. The number of nitrogens with zero attached hydrogens (tertiary/aromatic N) is 1. The molecule has 0 saturated carbocycles. The van der Waals surface area contributed by atoms with Crippen LogP contribution in [0.2, 0.25) is 0 Å². The number of carbonyl (C=O) groups excluding carboxylic acids is 1. The van der Waals surface area contributed by atoms with Gasteiger partial charge in [-0.1, -0.05) is 24.6 Å². The van der Waals surface area contributed by atoms with E-state index in [4.69, 9.17) is 12.2 Å². The molecule has 0 saturated heterocycles. The third-order valence-corrected chi connectivity index (χ3v) is 4.74. The van der Waals surface area contributed by atoms with Crippen LogP contribution in [0.1, 0.15) is 27.0 Å². The van der Waals surface area contributed by atoms with Gasteiger partial charge in [0.15, 0.2) is 23.3 Å². The van der Waals surface area contributed by atoms with Gasteiger partial charge in [-0.15, -0.1) is 6.42 Å². The minimum absolute atomic E-state index is 0.0532. The van der Waals surface area contributed by atoms with Gasteiger partial charge in [-0.2, -0.15) is 0 Å². The fourth-order valence-corrected chi connectivity index (χ4v) is 3.07. The summed E-state index contributed by atoms with van der Waals surface area (Å²) < 4.78 is 58.7. The predicted molar refractivity (Wildman–Crippen MR) is 119 cm³/mol. The molecule has 4 N–H and O–H groups in total. The van der Waals surface area contributed by atoms with Crippen molar-refractivity contribution in [3.63, 3.8) is 0 Å². The SMILES string of the molecule is C#CCNC(=O)c1cc(Cc2ccnc(N)c2F)c(F)c(F)c1Nc1ccc(C=C)cc1F. The lowest BCUT2D eigenvalue weighted by atomic mass is 9.99. The number of carbonyl (C=O) groups is 1. The van der Waals surface area contributed by atoms with E-state index in [1.54, 1.807) is 0 Å². The fourth-order valence-electron chi connectivity index (χ4n) is 3.07. The summed E-state index contributed by atoms with van der Waals surface area (Å²) in [4.78, 5) is 16.2. The highest BCUT2D eigenvalue weighted by atomic mass is 19.2. The molecule has 33 heavy (non-hydrogen) atoms. The van der Waals surface area contributed by atoms with Gasteiger partial charge in [0, 0.05) is 12.6 Å². The van der Waals surface area contributed by atoms with E-state index in [0.29, 0.717) is 5.56 Å². The second kappa shape index (κ2) is 9.87. The van der Waals surface area contributed by atoms with Gasteiger partial charge in [0.1, 0.15) is 5.82 Å². The Bertz CT molecular complexity index is 1280. The van der Waals surface area contributed by atoms with Crippen LogP contribution in [-0.4, -0.2) is 17.4 Å². The van der Waals surface area contributed by atoms with Crippen LogP contribution in [0, 0.1) is 35.6 Å². The van der Waals surface area contributed by atoms with Crippen LogP contribution < -0.4 is 16.4 Å². The average Bonchev–Trinajstić information content (AvgIpc) is 2.80. The van der Waals surface area contributed by atoms with Gasteiger partial charge in [-0.3, -0.25) is 4.79 Å². The first kappa shape index (κ1) is 23.3. The monoisotopic (exact) mass is 454 g/mol. The summed E-state index contributed by atoms with van der Waals surface area (Å²) in [5, 5.41) is 4.78. The highest BCUT2D eigenvalue weighted by Crippen LogP contribution is 2.32. The van der Waals surface area contributed by atoms with Crippen molar-refractivity contribution >= 4 is 29.2 Å². The van der Waals surface area contributed by atoms with Gasteiger partial charge in [0.05, 0.1) is 23.5 Å². The summed E-state index contributed by atoms with van der Waals surface area (Å²) in [6.07, 6.45) is 7.36. The first-order valence-electron chi connectivity index (χ1n) is 9.57. The molecule has 168 valence electrons. The molecule has 2 aromatic carbocycles. The standard InChI is InChI=1S/C24H18F4N4O/c1-3-8-31-24(33)16-12-15(11-14-7-9-30-23(29)20(14)27)19(26)21(28)22(16)32-18-6-5-13(4-2)10-17(18)25/h1,4-7,9-10,12,32H,2,8,11H2,(H2,29,30)(H,31,33). The molecule has 9 heteroatoms. The Morgan fingerprint density at radius 3 is 2.55 bits per heavy atom. The molecule has 0 bridgehead atoms. The Labute approximate surface area is 187 Å². The van der Waals surface area contributed by atoms with Crippen molar-refractivity contribution in [3.05, 3.63) is 88.6 Å². The van der Waals surface area contributed by atoms with Gasteiger partial charge >= 0.3 is 0 Å². The minimum Gasteiger partial charge on any atom is -0.381 e. The van der Waals surface area contributed by atoms with Crippen molar-refractivity contribution in [1.82, 2.24) is 10.3 Å².